The van der Waals surface area contributed by atoms with Gasteiger partial charge in [0.25, 0.3) is 0 Å². The van der Waals surface area contributed by atoms with Crippen LogP contribution < -0.4 is 14.4 Å². The van der Waals surface area contributed by atoms with Crippen molar-refractivity contribution < 1.29 is 9.47 Å². The fourth-order valence-electron chi connectivity index (χ4n) is 3.08. The minimum Gasteiger partial charge on any atom is -0.493 e. The zero-order valence-electron chi connectivity index (χ0n) is 15.0. The van der Waals surface area contributed by atoms with Crippen molar-refractivity contribution >= 4 is 22.9 Å². The summed E-state index contributed by atoms with van der Waals surface area (Å²) in [6, 6.07) is 14.6. The van der Waals surface area contributed by atoms with E-state index in [-0.39, 0.29) is 0 Å². The molecule has 4 nitrogen and oxygen atoms in total. The molecule has 1 aliphatic heterocycles. The van der Waals surface area contributed by atoms with Gasteiger partial charge in [0.1, 0.15) is 4.99 Å². The highest BCUT2D eigenvalue weighted by atomic mass is 32.1. The van der Waals surface area contributed by atoms with Crippen LogP contribution in [0.5, 0.6) is 11.5 Å². The van der Waals surface area contributed by atoms with Crippen LogP contribution in [-0.4, -0.2) is 50.3 Å². The number of methoxy groups -OCH3 is 2. The monoisotopic (exact) mass is 356 g/mol. The third-order valence-corrected chi connectivity index (χ3v) is 5.09. The first kappa shape index (κ1) is 17.5. The number of rotatable bonds is 4. The van der Waals surface area contributed by atoms with E-state index in [4.69, 9.17) is 21.7 Å². The minimum absolute atomic E-state index is 0.709. The Bertz CT molecular complexity index is 738. The van der Waals surface area contributed by atoms with Gasteiger partial charge in [0, 0.05) is 37.4 Å². The number of aryl methyl sites for hydroxylation is 1. The fourth-order valence-corrected chi connectivity index (χ4v) is 3.38. The van der Waals surface area contributed by atoms with Crippen molar-refractivity contribution in [2.24, 2.45) is 0 Å². The van der Waals surface area contributed by atoms with E-state index in [0.717, 1.165) is 42.5 Å². The lowest BCUT2D eigenvalue weighted by Gasteiger charge is -2.37. The third kappa shape index (κ3) is 3.87. The molecule has 0 N–H and O–H groups in total. The maximum absolute atomic E-state index is 5.71. The maximum Gasteiger partial charge on any atom is 0.161 e. The smallest absolute Gasteiger partial charge is 0.161 e. The molecule has 0 atom stereocenters. The van der Waals surface area contributed by atoms with Crippen LogP contribution in [0.2, 0.25) is 0 Å². The van der Waals surface area contributed by atoms with Gasteiger partial charge in [-0.1, -0.05) is 29.9 Å². The van der Waals surface area contributed by atoms with E-state index in [1.807, 2.05) is 18.2 Å². The largest absolute Gasteiger partial charge is 0.493 e. The number of thiocarbonyl (C=S) groups is 1. The van der Waals surface area contributed by atoms with Gasteiger partial charge in [-0.15, -0.1) is 0 Å². The van der Waals surface area contributed by atoms with Crippen molar-refractivity contribution in [2.45, 2.75) is 6.92 Å². The Morgan fingerprint density at radius 3 is 2.12 bits per heavy atom. The number of ether oxygens (including phenoxy) is 2. The van der Waals surface area contributed by atoms with Crippen molar-refractivity contribution in [3.8, 4) is 11.5 Å². The lowest BCUT2D eigenvalue weighted by Crippen LogP contribution is -2.48. The van der Waals surface area contributed by atoms with Crippen molar-refractivity contribution in [1.29, 1.82) is 0 Å². The van der Waals surface area contributed by atoms with Gasteiger partial charge in [0.15, 0.2) is 11.5 Å². The van der Waals surface area contributed by atoms with E-state index in [1.165, 1.54) is 11.3 Å². The second-order valence-electron chi connectivity index (χ2n) is 6.18. The molecule has 0 amide bonds. The molecule has 0 unspecified atom stereocenters. The van der Waals surface area contributed by atoms with Gasteiger partial charge in [-0.3, -0.25) is 0 Å². The van der Waals surface area contributed by atoms with Crippen molar-refractivity contribution in [3.63, 3.8) is 0 Å². The molecule has 1 saturated heterocycles. The molecule has 1 fully saturated rings. The molecule has 0 spiro atoms. The summed E-state index contributed by atoms with van der Waals surface area (Å²) >= 11 is 5.71. The molecule has 2 aromatic carbocycles. The predicted molar refractivity (Wildman–Crippen MR) is 106 cm³/mol. The standard InChI is InChI=1S/C20H24N2O2S/c1-15-4-7-17(8-5-15)21-10-12-22(13-11-21)20(25)16-6-9-18(23-2)19(14-16)24-3/h4-9,14H,10-13H2,1-3H3. The minimum atomic E-state index is 0.709. The normalized spacial score (nSPS) is 14.4. The Morgan fingerprint density at radius 1 is 0.880 bits per heavy atom. The molecule has 0 aliphatic carbocycles. The van der Waals surface area contributed by atoms with Gasteiger partial charge in [0.2, 0.25) is 0 Å². The van der Waals surface area contributed by atoms with Crippen molar-refractivity contribution in [2.75, 3.05) is 45.3 Å². The molecule has 3 rings (SSSR count). The quantitative estimate of drug-likeness (QED) is 0.781. The first-order valence-electron chi connectivity index (χ1n) is 8.45. The molecule has 1 aliphatic rings. The average molecular weight is 356 g/mol. The lowest BCUT2D eigenvalue weighted by atomic mass is 10.1. The van der Waals surface area contributed by atoms with Crippen LogP contribution in [0.1, 0.15) is 11.1 Å². The zero-order valence-corrected chi connectivity index (χ0v) is 15.8. The molecule has 0 aromatic heterocycles. The van der Waals surface area contributed by atoms with E-state index in [2.05, 4.69) is 41.0 Å². The molecule has 25 heavy (non-hydrogen) atoms. The molecule has 0 saturated carbocycles. The van der Waals surface area contributed by atoms with Gasteiger partial charge >= 0.3 is 0 Å². The van der Waals surface area contributed by atoms with E-state index >= 15 is 0 Å². The summed E-state index contributed by atoms with van der Waals surface area (Å²) in [5.41, 5.74) is 3.57. The zero-order chi connectivity index (χ0) is 17.8. The van der Waals surface area contributed by atoms with Gasteiger partial charge in [0.05, 0.1) is 14.2 Å². The molecular weight excluding hydrogens is 332 g/mol. The molecule has 0 radical (unpaired) electrons. The highest BCUT2D eigenvalue weighted by molar-refractivity contribution is 7.80. The average Bonchev–Trinajstić information content (AvgIpc) is 2.67. The Hall–Kier alpha value is -2.27. The second-order valence-corrected chi connectivity index (χ2v) is 6.57. The van der Waals surface area contributed by atoms with Gasteiger partial charge in [-0.25, -0.2) is 0 Å². The van der Waals surface area contributed by atoms with Crippen molar-refractivity contribution in [1.82, 2.24) is 4.90 Å². The highest BCUT2D eigenvalue weighted by Gasteiger charge is 2.20. The van der Waals surface area contributed by atoms with Gasteiger partial charge in [-0.05, 0) is 37.3 Å². The van der Waals surface area contributed by atoms with Gasteiger partial charge in [-0.2, -0.15) is 0 Å². The summed E-state index contributed by atoms with van der Waals surface area (Å²) in [5, 5.41) is 0. The van der Waals surface area contributed by atoms with Crippen molar-refractivity contribution in [3.05, 3.63) is 53.6 Å². The van der Waals surface area contributed by atoms with Crippen LogP contribution in [0.3, 0.4) is 0 Å². The lowest BCUT2D eigenvalue weighted by molar-refractivity contribution is 0.354. The Labute approximate surface area is 155 Å². The van der Waals surface area contributed by atoms with Crippen LogP contribution in [0.25, 0.3) is 0 Å². The number of anilines is 1. The summed E-state index contributed by atoms with van der Waals surface area (Å²) in [7, 11) is 3.28. The molecule has 2 aromatic rings. The summed E-state index contributed by atoms with van der Waals surface area (Å²) in [5.74, 6) is 1.43. The molecule has 0 bridgehead atoms. The third-order valence-electron chi connectivity index (χ3n) is 4.60. The van der Waals surface area contributed by atoms with E-state index < -0.39 is 0 Å². The number of nitrogens with zero attached hydrogens (tertiary/aromatic N) is 2. The Morgan fingerprint density at radius 2 is 1.52 bits per heavy atom. The van der Waals surface area contributed by atoms with Crippen LogP contribution in [0, 0.1) is 6.92 Å². The SMILES string of the molecule is COc1ccc(C(=S)N2CCN(c3ccc(C)cc3)CC2)cc1OC. The summed E-state index contributed by atoms with van der Waals surface area (Å²) in [4.78, 5) is 5.54. The van der Waals surface area contributed by atoms with Crippen LogP contribution >= 0.6 is 12.2 Å². The summed E-state index contributed by atoms with van der Waals surface area (Å²) < 4.78 is 10.7. The molecular formula is C20H24N2O2S. The van der Waals surface area contributed by atoms with Gasteiger partial charge < -0.3 is 19.3 Å². The second kappa shape index (κ2) is 7.74. The van der Waals surface area contributed by atoms with Crippen LogP contribution in [-0.2, 0) is 0 Å². The highest BCUT2D eigenvalue weighted by Crippen LogP contribution is 2.28. The number of piperazine rings is 1. The molecule has 1 heterocycles. The Balaban J connectivity index is 1.66. The number of benzene rings is 2. The van der Waals surface area contributed by atoms with E-state index in [0.29, 0.717) is 5.75 Å². The molecule has 5 heteroatoms. The topological polar surface area (TPSA) is 24.9 Å². The first-order chi connectivity index (χ1) is 12.1. The maximum atomic E-state index is 5.71. The summed E-state index contributed by atoms with van der Waals surface area (Å²) in [6.45, 7) is 5.89. The fraction of sp³-hybridized carbons (Fsp3) is 0.350. The number of hydrogen-bond donors (Lipinski definition) is 0. The van der Waals surface area contributed by atoms with E-state index in [1.54, 1.807) is 14.2 Å². The first-order valence-corrected chi connectivity index (χ1v) is 8.86. The van der Waals surface area contributed by atoms with Crippen LogP contribution in [0.15, 0.2) is 42.5 Å². The molecule has 132 valence electrons. The van der Waals surface area contributed by atoms with E-state index in [9.17, 15) is 0 Å². The number of hydrogen-bond acceptors (Lipinski definition) is 4. The predicted octanol–water partition coefficient (Wildman–Crippen LogP) is 3.51. The van der Waals surface area contributed by atoms with Crippen LogP contribution in [0.4, 0.5) is 5.69 Å². The summed E-state index contributed by atoms with van der Waals surface area (Å²) in [6.07, 6.45) is 0. The Kier molecular flexibility index (Phi) is 5.43.